The van der Waals surface area contributed by atoms with Crippen LogP contribution in [0.4, 0.5) is 11.6 Å². The van der Waals surface area contributed by atoms with Gasteiger partial charge in [-0.25, -0.2) is 15.0 Å². The molecule has 2 N–H and O–H groups in total. The molecule has 5 nitrogen and oxygen atoms in total. The van der Waals surface area contributed by atoms with E-state index in [1.54, 1.807) is 0 Å². The Labute approximate surface area is 103 Å². The maximum Gasteiger partial charge on any atom is 0.149 e. The summed E-state index contributed by atoms with van der Waals surface area (Å²) in [5.41, 5.74) is 4.31. The van der Waals surface area contributed by atoms with E-state index < -0.39 is 0 Å². The molecule has 0 radical (unpaired) electrons. The highest BCUT2D eigenvalue weighted by molar-refractivity contribution is 5.57. The Kier molecular flexibility index (Phi) is 3.47. The molecule has 0 spiro atoms. The summed E-state index contributed by atoms with van der Waals surface area (Å²) in [5.74, 6) is 3.39. The zero-order valence-corrected chi connectivity index (χ0v) is 11.0. The van der Waals surface area contributed by atoms with Crippen LogP contribution in [0.15, 0.2) is 0 Å². The number of nitrogens with zero attached hydrogens (tertiary/aromatic N) is 3. The molecule has 1 aromatic heterocycles. The monoisotopic (exact) mass is 235 g/mol. The van der Waals surface area contributed by atoms with E-state index in [0.29, 0.717) is 5.92 Å². The fourth-order valence-corrected chi connectivity index (χ4v) is 1.72. The molecule has 0 atom stereocenters. The first-order valence-electron chi connectivity index (χ1n) is 6.18. The minimum Gasteiger partial charge on any atom is -0.370 e. The van der Waals surface area contributed by atoms with Gasteiger partial charge in [0.1, 0.15) is 17.5 Å². The third kappa shape index (κ3) is 2.85. The van der Waals surface area contributed by atoms with Crippen LogP contribution in [-0.4, -0.2) is 35.6 Å². The zero-order chi connectivity index (χ0) is 12.4. The van der Waals surface area contributed by atoms with Gasteiger partial charge in [-0.15, -0.1) is 0 Å². The van der Waals surface area contributed by atoms with E-state index >= 15 is 0 Å². The Bertz CT molecular complexity index is 398. The molecule has 1 heterocycles. The number of hydrazine groups is 1. The molecule has 5 heteroatoms. The number of nitrogens with one attached hydrogen (secondary N) is 2. The molecule has 2 rings (SSSR count). The van der Waals surface area contributed by atoms with Gasteiger partial charge in [-0.05, 0) is 26.7 Å². The Morgan fingerprint density at radius 1 is 1.24 bits per heavy atom. The number of rotatable bonds is 5. The van der Waals surface area contributed by atoms with Crippen molar-refractivity contribution in [1.29, 1.82) is 0 Å². The number of hydrogen-bond donors (Lipinski definition) is 2. The lowest BCUT2D eigenvalue weighted by atomic mass is 10.3. The van der Waals surface area contributed by atoms with Gasteiger partial charge >= 0.3 is 0 Å². The highest BCUT2D eigenvalue weighted by atomic mass is 15.5. The van der Waals surface area contributed by atoms with Gasteiger partial charge in [0.25, 0.3) is 0 Å². The fourth-order valence-electron chi connectivity index (χ4n) is 1.72. The summed E-state index contributed by atoms with van der Waals surface area (Å²) in [6.45, 7) is 5.00. The molecule has 1 fully saturated rings. The van der Waals surface area contributed by atoms with E-state index in [4.69, 9.17) is 0 Å². The van der Waals surface area contributed by atoms with E-state index in [0.717, 1.165) is 29.6 Å². The molecular formula is C12H21N5. The van der Waals surface area contributed by atoms with Crippen LogP contribution in [-0.2, 0) is 0 Å². The van der Waals surface area contributed by atoms with Crippen LogP contribution < -0.4 is 10.7 Å². The average Bonchev–Trinajstić information content (AvgIpc) is 3.07. The van der Waals surface area contributed by atoms with E-state index in [2.05, 4.69) is 27.6 Å². The first kappa shape index (κ1) is 12.1. The van der Waals surface area contributed by atoms with E-state index in [9.17, 15) is 0 Å². The second kappa shape index (κ2) is 4.87. The lowest BCUT2D eigenvalue weighted by molar-refractivity contribution is 0.491. The fraction of sp³-hybridized carbons (Fsp3) is 0.667. The third-order valence-corrected chi connectivity index (χ3v) is 2.78. The third-order valence-electron chi connectivity index (χ3n) is 2.78. The van der Waals surface area contributed by atoms with Gasteiger partial charge in [0.05, 0.1) is 0 Å². The van der Waals surface area contributed by atoms with Gasteiger partial charge in [-0.3, -0.25) is 0 Å². The minimum atomic E-state index is 0.565. The summed E-state index contributed by atoms with van der Waals surface area (Å²) in [6, 6.07) is 0. The maximum absolute atomic E-state index is 4.61. The normalized spacial score (nSPS) is 15.1. The van der Waals surface area contributed by atoms with E-state index in [1.807, 2.05) is 26.0 Å². The topological polar surface area (TPSA) is 53.1 Å². The van der Waals surface area contributed by atoms with Crippen molar-refractivity contribution in [1.82, 2.24) is 15.0 Å². The molecule has 1 aromatic rings. The highest BCUT2D eigenvalue weighted by Crippen LogP contribution is 2.39. The van der Waals surface area contributed by atoms with Crippen molar-refractivity contribution in [3.8, 4) is 0 Å². The van der Waals surface area contributed by atoms with E-state index in [-0.39, 0.29) is 0 Å². The molecule has 0 amide bonds. The molecule has 0 bridgehead atoms. The summed E-state index contributed by atoms with van der Waals surface area (Å²) < 4.78 is 0. The lowest BCUT2D eigenvalue weighted by Crippen LogP contribution is -2.22. The van der Waals surface area contributed by atoms with Gasteiger partial charge in [-0.2, -0.15) is 0 Å². The quantitative estimate of drug-likeness (QED) is 0.764. The van der Waals surface area contributed by atoms with Crippen LogP contribution >= 0.6 is 0 Å². The van der Waals surface area contributed by atoms with Crippen molar-refractivity contribution in [3.63, 3.8) is 0 Å². The number of anilines is 2. The van der Waals surface area contributed by atoms with Gasteiger partial charge in [0, 0.05) is 32.1 Å². The van der Waals surface area contributed by atoms with Crippen molar-refractivity contribution in [2.24, 2.45) is 0 Å². The summed E-state index contributed by atoms with van der Waals surface area (Å²) in [4.78, 5) is 9.22. The highest BCUT2D eigenvalue weighted by Gasteiger charge is 2.28. The van der Waals surface area contributed by atoms with Gasteiger partial charge < -0.3 is 10.7 Å². The predicted molar refractivity (Wildman–Crippen MR) is 70.2 cm³/mol. The maximum atomic E-state index is 4.61. The Morgan fingerprint density at radius 3 is 2.41 bits per heavy atom. The summed E-state index contributed by atoms with van der Waals surface area (Å²) in [6.07, 6.45) is 2.44. The molecule has 0 saturated heterocycles. The molecule has 17 heavy (non-hydrogen) atoms. The van der Waals surface area contributed by atoms with Crippen molar-refractivity contribution < 1.29 is 0 Å². The van der Waals surface area contributed by atoms with Crippen molar-refractivity contribution >= 4 is 11.6 Å². The van der Waals surface area contributed by atoms with Gasteiger partial charge in [0.15, 0.2) is 0 Å². The predicted octanol–water partition coefficient (Wildman–Crippen LogP) is 1.98. The summed E-state index contributed by atoms with van der Waals surface area (Å²) in [5, 5.41) is 5.21. The van der Waals surface area contributed by atoms with Crippen LogP contribution in [0, 0.1) is 6.92 Å². The zero-order valence-electron chi connectivity index (χ0n) is 11.0. The van der Waals surface area contributed by atoms with Crippen molar-refractivity contribution in [2.75, 3.05) is 31.4 Å². The molecule has 0 unspecified atom stereocenters. The number of aromatic nitrogens is 2. The van der Waals surface area contributed by atoms with Crippen molar-refractivity contribution in [3.05, 3.63) is 11.4 Å². The van der Waals surface area contributed by atoms with Crippen molar-refractivity contribution in [2.45, 2.75) is 32.6 Å². The number of hydrogen-bond acceptors (Lipinski definition) is 5. The molecule has 1 aliphatic rings. The van der Waals surface area contributed by atoms with Gasteiger partial charge in [0.2, 0.25) is 0 Å². The Morgan fingerprint density at radius 2 is 1.88 bits per heavy atom. The second-order valence-corrected chi connectivity index (χ2v) is 4.71. The van der Waals surface area contributed by atoms with Crippen LogP contribution in [0.25, 0.3) is 0 Å². The first-order chi connectivity index (χ1) is 8.11. The minimum absolute atomic E-state index is 0.565. The van der Waals surface area contributed by atoms with Crippen LogP contribution in [0.1, 0.15) is 37.1 Å². The lowest BCUT2D eigenvalue weighted by Gasteiger charge is -2.17. The first-order valence-corrected chi connectivity index (χ1v) is 6.18. The van der Waals surface area contributed by atoms with E-state index in [1.165, 1.54) is 12.8 Å². The van der Waals surface area contributed by atoms with Crippen LogP contribution in [0.2, 0.25) is 0 Å². The standard InChI is InChI=1S/C12H21N5/c1-5-13-10-8(2)11(16-17(3)4)15-12(14-10)9-6-7-9/h9H,5-7H2,1-4H3,(H2,13,14,15,16). The Hall–Kier alpha value is -1.36. The van der Waals surface area contributed by atoms with Gasteiger partial charge in [-0.1, -0.05) is 0 Å². The molecular weight excluding hydrogens is 214 g/mol. The smallest absolute Gasteiger partial charge is 0.149 e. The molecule has 0 aliphatic heterocycles. The average molecular weight is 235 g/mol. The largest absolute Gasteiger partial charge is 0.370 e. The molecule has 94 valence electrons. The van der Waals surface area contributed by atoms with Crippen LogP contribution in [0.5, 0.6) is 0 Å². The summed E-state index contributed by atoms with van der Waals surface area (Å²) >= 11 is 0. The second-order valence-electron chi connectivity index (χ2n) is 4.71. The summed E-state index contributed by atoms with van der Waals surface area (Å²) in [7, 11) is 3.93. The Balaban J connectivity index is 2.33. The van der Waals surface area contributed by atoms with Crippen LogP contribution in [0.3, 0.4) is 0 Å². The molecule has 1 aliphatic carbocycles. The SMILES string of the molecule is CCNc1nc(C2CC2)nc(NN(C)C)c1C. The molecule has 1 saturated carbocycles. The molecule has 0 aromatic carbocycles.